The Kier molecular flexibility index (Phi) is 9.15. The van der Waals surface area contributed by atoms with E-state index in [0.29, 0.717) is 35.5 Å². The molecule has 1 N–H and O–H groups in total. The number of carbonyl (C=O) groups is 1. The number of unbranched alkanes of at least 4 members (excludes halogenated alkanes) is 3. The highest BCUT2D eigenvalue weighted by molar-refractivity contribution is 7.98. The molecule has 4 rings (SSSR count). The van der Waals surface area contributed by atoms with Gasteiger partial charge in [0.05, 0.1) is 12.9 Å². The molecule has 1 amide bonds. The molecule has 0 spiro atoms. The first-order valence-electron chi connectivity index (χ1n) is 12.2. The van der Waals surface area contributed by atoms with Crippen molar-refractivity contribution in [3.8, 4) is 11.4 Å². The van der Waals surface area contributed by atoms with E-state index in [1.807, 2.05) is 47.0 Å². The summed E-state index contributed by atoms with van der Waals surface area (Å²) in [6, 6.07) is 18.0. The molecule has 0 saturated carbocycles. The van der Waals surface area contributed by atoms with E-state index in [2.05, 4.69) is 39.6 Å². The van der Waals surface area contributed by atoms with Crippen LogP contribution in [0.1, 0.15) is 60.4 Å². The van der Waals surface area contributed by atoms with E-state index in [1.54, 1.807) is 7.11 Å². The van der Waals surface area contributed by atoms with Crippen LogP contribution in [0.25, 0.3) is 5.69 Å². The molecule has 0 atom stereocenters. The van der Waals surface area contributed by atoms with Crippen LogP contribution in [-0.4, -0.2) is 39.3 Å². The summed E-state index contributed by atoms with van der Waals surface area (Å²) in [4.78, 5) is 16.7. The number of carbonyl (C=O) groups excluding carboxylic acids is 1. The van der Waals surface area contributed by atoms with Crippen molar-refractivity contribution in [1.82, 2.24) is 25.1 Å². The van der Waals surface area contributed by atoms with E-state index in [0.717, 1.165) is 42.1 Å². The summed E-state index contributed by atoms with van der Waals surface area (Å²) < 4.78 is 12.9. The lowest BCUT2D eigenvalue weighted by Crippen LogP contribution is -2.24. The van der Waals surface area contributed by atoms with Gasteiger partial charge < -0.3 is 14.5 Å². The van der Waals surface area contributed by atoms with Gasteiger partial charge in [-0.05, 0) is 36.2 Å². The van der Waals surface area contributed by atoms with Crippen molar-refractivity contribution in [2.24, 2.45) is 0 Å². The van der Waals surface area contributed by atoms with Gasteiger partial charge in [-0.25, -0.2) is 4.98 Å². The number of aromatic nitrogens is 4. The molecule has 2 heterocycles. The van der Waals surface area contributed by atoms with E-state index in [4.69, 9.17) is 9.15 Å². The van der Waals surface area contributed by atoms with Gasteiger partial charge in [-0.15, -0.1) is 10.2 Å². The number of nitrogens with one attached hydrogen (secondary N) is 1. The highest BCUT2D eigenvalue weighted by atomic mass is 32.2. The molecule has 2 aromatic heterocycles. The monoisotopic (exact) mass is 505 g/mol. The number of hydrogen-bond acceptors (Lipinski definition) is 7. The van der Waals surface area contributed by atoms with Crippen LogP contribution in [0.4, 0.5) is 0 Å². The van der Waals surface area contributed by atoms with Crippen molar-refractivity contribution in [2.45, 2.75) is 49.9 Å². The Balaban J connectivity index is 1.46. The van der Waals surface area contributed by atoms with E-state index in [9.17, 15) is 4.79 Å². The predicted octanol–water partition coefficient (Wildman–Crippen LogP) is 5.46. The Bertz CT molecular complexity index is 1240. The molecule has 188 valence electrons. The molecular weight excluding hydrogens is 474 g/mol. The van der Waals surface area contributed by atoms with Crippen molar-refractivity contribution < 1.29 is 13.9 Å². The normalized spacial score (nSPS) is 10.9. The molecule has 0 aliphatic carbocycles. The third-order valence-electron chi connectivity index (χ3n) is 5.66. The van der Waals surface area contributed by atoms with Gasteiger partial charge in [0, 0.05) is 18.7 Å². The summed E-state index contributed by atoms with van der Waals surface area (Å²) in [5.74, 6) is 2.28. The molecule has 9 heteroatoms. The van der Waals surface area contributed by atoms with Crippen LogP contribution in [0.3, 0.4) is 0 Å². The number of thioether (sulfide) groups is 1. The van der Waals surface area contributed by atoms with Crippen molar-refractivity contribution in [3.05, 3.63) is 83.8 Å². The highest BCUT2D eigenvalue weighted by Gasteiger charge is 2.17. The van der Waals surface area contributed by atoms with Crippen LogP contribution in [0.2, 0.25) is 0 Å². The number of methoxy groups -OCH3 is 1. The second-order valence-corrected chi connectivity index (χ2v) is 9.27. The minimum absolute atomic E-state index is 0.210. The third-order valence-corrected chi connectivity index (χ3v) is 6.57. The molecule has 4 aromatic rings. The van der Waals surface area contributed by atoms with Crippen molar-refractivity contribution >= 4 is 17.7 Å². The van der Waals surface area contributed by atoms with Crippen LogP contribution in [0.15, 0.2) is 70.4 Å². The Morgan fingerprint density at radius 2 is 1.86 bits per heavy atom. The molecular formula is C27H31N5O3S. The van der Waals surface area contributed by atoms with Gasteiger partial charge >= 0.3 is 0 Å². The molecule has 0 radical (unpaired) electrons. The minimum atomic E-state index is -0.210. The number of benzene rings is 2. The molecule has 0 fully saturated rings. The van der Waals surface area contributed by atoms with Gasteiger partial charge in [-0.3, -0.25) is 9.36 Å². The van der Waals surface area contributed by atoms with Crippen LogP contribution in [0.5, 0.6) is 5.75 Å². The van der Waals surface area contributed by atoms with Crippen molar-refractivity contribution in [3.63, 3.8) is 0 Å². The van der Waals surface area contributed by atoms with E-state index < -0.39 is 0 Å². The number of ether oxygens (including phenoxy) is 1. The lowest BCUT2D eigenvalue weighted by Gasteiger charge is -2.11. The quantitative estimate of drug-likeness (QED) is 0.190. The Morgan fingerprint density at radius 1 is 1.06 bits per heavy atom. The number of nitrogens with zero attached hydrogens (tertiary/aromatic N) is 4. The lowest BCUT2D eigenvalue weighted by molar-refractivity contribution is 0.0948. The zero-order valence-corrected chi connectivity index (χ0v) is 21.5. The Labute approximate surface area is 215 Å². The van der Waals surface area contributed by atoms with Crippen molar-refractivity contribution in [2.75, 3.05) is 13.7 Å². The number of hydrogen-bond donors (Lipinski definition) is 1. The average Bonchev–Trinajstić information content (AvgIpc) is 3.55. The molecule has 0 aliphatic rings. The third kappa shape index (κ3) is 6.75. The molecule has 2 aromatic carbocycles. The minimum Gasteiger partial charge on any atom is -0.497 e. The second-order valence-electron chi connectivity index (χ2n) is 8.33. The molecule has 0 aliphatic heterocycles. The fourth-order valence-electron chi connectivity index (χ4n) is 3.73. The van der Waals surface area contributed by atoms with Crippen molar-refractivity contribution in [1.29, 1.82) is 0 Å². The molecule has 0 bridgehead atoms. The summed E-state index contributed by atoms with van der Waals surface area (Å²) in [7, 11) is 1.65. The van der Waals surface area contributed by atoms with Gasteiger partial charge in [0.2, 0.25) is 5.89 Å². The SMILES string of the molecule is CCCCCCNC(=O)c1coc(CSc2nnc(Cc3ccccc3)n2-c2ccc(OC)cc2)n1. The standard InChI is InChI=1S/C27H31N5O3S/c1-3-4-5-9-16-28-26(33)23-18-35-25(29-23)19-36-27-31-30-24(17-20-10-7-6-8-11-20)32(27)21-12-14-22(34-2)15-13-21/h6-8,10-15,18H,3-5,9,16-17,19H2,1-2H3,(H,28,33). The fraction of sp³-hybridized carbons (Fsp3) is 0.333. The van der Waals surface area contributed by atoms with Gasteiger partial charge in [0.1, 0.15) is 17.8 Å². The smallest absolute Gasteiger partial charge is 0.273 e. The molecule has 0 saturated heterocycles. The van der Waals surface area contributed by atoms with Gasteiger partial charge in [0.25, 0.3) is 5.91 Å². The first-order chi connectivity index (χ1) is 17.7. The highest BCUT2D eigenvalue weighted by Crippen LogP contribution is 2.27. The number of amides is 1. The van der Waals surface area contributed by atoms with E-state index in [1.165, 1.54) is 24.4 Å². The van der Waals surface area contributed by atoms with E-state index >= 15 is 0 Å². The maximum Gasteiger partial charge on any atom is 0.273 e. The topological polar surface area (TPSA) is 95.1 Å². The second kappa shape index (κ2) is 12.9. The van der Waals surface area contributed by atoms with E-state index in [-0.39, 0.29) is 5.91 Å². The first-order valence-corrected chi connectivity index (χ1v) is 13.1. The lowest BCUT2D eigenvalue weighted by atomic mass is 10.1. The Morgan fingerprint density at radius 3 is 2.61 bits per heavy atom. The number of rotatable bonds is 13. The summed E-state index contributed by atoms with van der Waals surface area (Å²) in [5, 5.41) is 12.5. The maximum absolute atomic E-state index is 12.4. The largest absolute Gasteiger partial charge is 0.497 e. The van der Waals surface area contributed by atoms with Crippen LogP contribution >= 0.6 is 11.8 Å². The molecule has 0 unspecified atom stereocenters. The van der Waals surface area contributed by atoms with Crippen LogP contribution < -0.4 is 10.1 Å². The fourth-order valence-corrected chi connectivity index (χ4v) is 4.55. The predicted molar refractivity (Wildman–Crippen MR) is 140 cm³/mol. The first kappa shape index (κ1) is 25.5. The van der Waals surface area contributed by atoms with Gasteiger partial charge in [-0.1, -0.05) is 68.3 Å². The summed E-state index contributed by atoms with van der Waals surface area (Å²) >= 11 is 1.46. The van der Waals surface area contributed by atoms with Gasteiger partial charge in [0.15, 0.2) is 10.9 Å². The van der Waals surface area contributed by atoms with Crippen LogP contribution in [-0.2, 0) is 12.2 Å². The summed E-state index contributed by atoms with van der Waals surface area (Å²) in [5.41, 5.74) is 2.38. The Hall–Kier alpha value is -3.59. The summed E-state index contributed by atoms with van der Waals surface area (Å²) in [6.45, 7) is 2.81. The maximum atomic E-state index is 12.4. The molecule has 36 heavy (non-hydrogen) atoms. The van der Waals surface area contributed by atoms with Gasteiger partial charge in [-0.2, -0.15) is 0 Å². The van der Waals surface area contributed by atoms with Crippen LogP contribution in [0, 0.1) is 0 Å². The molecule has 8 nitrogen and oxygen atoms in total. The number of oxazole rings is 1. The zero-order chi connectivity index (χ0) is 25.2. The zero-order valence-electron chi connectivity index (χ0n) is 20.6. The average molecular weight is 506 g/mol. The summed E-state index contributed by atoms with van der Waals surface area (Å²) in [6.07, 6.45) is 6.47.